The topological polar surface area (TPSA) is 67.9 Å². The van der Waals surface area contributed by atoms with E-state index in [1.807, 2.05) is 30.0 Å². The van der Waals surface area contributed by atoms with Crippen LogP contribution in [0.2, 0.25) is 0 Å². The number of rotatable bonds is 4. The van der Waals surface area contributed by atoms with Gasteiger partial charge in [0.2, 0.25) is 5.91 Å². The van der Waals surface area contributed by atoms with Crippen molar-refractivity contribution in [1.82, 2.24) is 4.90 Å². The first-order valence-electron chi connectivity index (χ1n) is 10.1. The molecule has 2 atom stereocenters. The molecule has 0 spiro atoms. The third-order valence-electron chi connectivity index (χ3n) is 5.98. The van der Waals surface area contributed by atoms with Gasteiger partial charge in [-0.3, -0.25) is 9.59 Å². The normalized spacial score (nSPS) is 20.3. The van der Waals surface area contributed by atoms with E-state index in [0.717, 1.165) is 29.3 Å². The molecule has 30 heavy (non-hydrogen) atoms. The third-order valence-corrected chi connectivity index (χ3v) is 6.64. The largest absolute Gasteiger partial charge is 0.493 e. The van der Waals surface area contributed by atoms with E-state index >= 15 is 0 Å². The number of methoxy groups -OCH3 is 2. The zero-order valence-electron chi connectivity index (χ0n) is 17.3. The van der Waals surface area contributed by atoms with Crippen molar-refractivity contribution in [2.75, 3.05) is 26.1 Å². The summed E-state index contributed by atoms with van der Waals surface area (Å²) in [5.41, 5.74) is 3.02. The molecule has 2 unspecified atom stereocenters. The van der Waals surface area contributed by atoms with Crippen LogP contribution in [0.15, 0.2) is 34.8 Å². The molecule has 1 N–H and O–H groups in total. The van der Waals surface area contributed by atoms with Gasteiger partial charge >= 0.3 is 0 Å². The summed E-state index contributed by atoms with van der Waals surface area (Å²) in [6, 6.07) is 9.13. The van der Waals surface area contributed by atoms with Crippen LogP contribution in [0.4, 0.5) is 5.69 Å². The summed E-state index contributed by atoms with van der Waals surface area (Å²) in [6.45, 7) is 2.66. The van der Waals surface area contributed by atoms with Gasteiger partial charge < -0.3 is 19.7 Å². The maximum atomic E-state index is 13.5. The predicted molar refractivity (Wildman–Crippen MR) is 118 cm³/mol. The molecule has 1 saturated heterocycles. The molecule has 2 aliphatic rings. The maximum absolute atomic E-state index is 13.5. The highest BCUT2D eigenvalue weighted by molar-refractivity contribution is 9.10. The highest BCUT2D eigenvalue weighted by Gasteiger charge is 2.45. The summed E-state index contributed by atoms with van der Waals surface area (Å²) in [5.74, 6) is 0.350. The summed E-state index contributed by atoms with van der Waals surface area (Å²) in [5, 5.41) is 3.07. The fourth-order valence-electron chi connectivity index (χ4n) is 4.50. The molecular weight excluding hydrogens is 448 g/mol. The lowest BCUT2D eigenvalue weighted by Gasteiger charge is -2.44. The van der Waals surface area contributed by atoms with Crippen molar-refractivity contribution in [3.05, 3.63) is 51.5 Å². The van der Waals surface area contributed by atoms with E-state index in [1.165, 1.54) is 0 Å². The van der Waals surface area contributed by atoms with E-state index in [-0.39, 0.29) is 17.9 Å². The number of hydrogen-bond acceptors (Lipinski definition) is 4. The van der Waals surface area contributed by atoms with Crippen LogP contribution in [-0.2, 0) is 4.79 Å². The van der Waals surface area contributed by atoms with Crippen LogP contribution in [-0.4, -0.2) is 43.5 Å². The summed E-state index contributed by atoms with van der Waals surface area (Å²) < 4.78 is 11.7. The zero-order chi connectivity index (χ0) is 21.4. The molecule has 2 heterocycles. The number of benzene rings is 2. The van der Waals surface area contributed by atoms with Crippen molar-refractivity contribution in [1.29, 1.82) is 0 Å². The fraction of sp³-hybridized carbons (Fsp3) is 0.391. The van der Waals surface area contributed by atoms with Crippen LogP contribution in [0.25, 0.3) is 0 Å². The average Bonchev–Trinajstić information content (AvgIpc) is 2.75. The quantitative estimate of drug-likeness (QED) is 0.710. The highest BCUT2D eigenvalue weighted by Crippen LogP contribution is 2.43. The van der Waals surface area contributed by atoms with E-state index in [0.29, 0.717) is 34.9 Å². The number of hydrogen-bond donors (Lipinski definition) is 1. The second kappa shape index (κ2) is 8.30. The van der Waals surface area contributed by atoms with Crippen LogP contribution < -0.4 is 14.8 Å². The van der Waals surface area contributed by atoms with Gasteiger partial charge in [-0.05, 0) is 77.5 Å². The third kappa shape index (κ3) is 3.55. The molecule has 7 heteroatoms. The van der Waals surface area contributed by atoms with Crippen LogP contribution in [0.3, 0.4) is 0 Å². The molecule has 2 aliphatic heterocycles. The molecule has 2 aromatic rings. The molecule has 2 aromatic carbocycles. The molecule has 0 saturated carbocycles. The molecule has 0 aromatic heterocycles. The first-order chi connectivity index (χ1) is 14.4. The van der Waals surface area contributed by atoms with Crippen molar-refractivity contribution >= 4 is 33.4 Å². The second-order valence-corrected chi connectivity index (χ2v) is 8.66. The Morgan fingerprint density at radius 1 is 1.13 bits per heavy atom. The lowest BCUT2D eigenvalue weighted by Crippen LogP contribution is -2.53. The van der Waals surface area contributed by atoms with E-state index in [4.69, 9.17) is 9.47 Å². The molecule has 0 bridgehead atoms. The second-order valence-electron chi connectivity index (χ2n) is 7.81. The molecule has 0 aliphatic carbocycles. The number of carbonyl (C=O) groups excluding carboxylic acids is 2. The molecular formula is C23H25BrN2O4. The number of amides is 2. The van der Waals surface area contributed by atoms with Gasteiger partial charge in [-0.1, -0.05) is 6.07 Å². The first kappa shape index (κ1) is 20.7. The predicted octanol–water partition coefficient (Wildman–Crippen LogP) is 4.51. The lowest BCUT2D eigenvalue weighted by atomic mass is 9.78. The van der Waals surface area contributed by atoms with Crippen molar-refractivity contribution < 1.29 is 19.1 Å². The molecule has 1 fully saturated rings. The monoisotopic (exact) mass is 472 g/mol. The number of anilines is 1. The number of nitrogens with one attached hydrogen (secondary N) is 1. The number of nitrogens with zero attached hydrogens (tertiary/aromatic N) is 1. The Morgan fingerprint density at radius 3 is 2.57 bits per heavy atom. The van der Waals surface area contributed by atoms with Gasteiger partial charge in [0.1, 0.15) is 0 Å². The molecule has 2 amide bonds. The van der Waals surface area contributed by atoms with Crippen LogP contribution >= 0.6 is 15.9 Å². The van der Waals surface area contributed by atoms with Gasteiger partial charge in [0.05, 0.1) is 25.8 Å². The first-order valence-corrected chi connectivity index (χ1v) is 10.9. The van der Waals surface area contributed by atoms with Crippen molar-refractivity contribution in [3.63, 3.8) is 0 Å². The number of aryl methyl sites for hydroxylation is 1. The fourth-order valence-corrected chi connectivity index (χ4v) is 5.10. The van der Waals surface area contributed by atoms with E-state index < -0.39 is 5.92 Å². The van der Waals surface area contributed by atoms with Gasteiger partial charge in [0, 0.05) is 22.6 Å². The standard InChI is InChI=1S/C23H25BrN2O4/c1-13-7-8-17(16(24)10-13)25-22(27)21-14-11-19(29-2)20(30-3)12-15(14)23(28)26-9-5-4-6-18(21)26/h7-8,10-12,18,21H,4-6,9H2,1-3H3,(H,25,27). The number of ether oxygens (including phenoxy) is 2. The Kier molecular flexibility index (Phi) is 5.73. The summed E-state index contributed by atoms with van der Waals surface area (Å²) in [7, 11) is 3.10. The molecule has 6 nitrogen and oxygen atoms in total. The van der Waals surface area contributed by atoms with Gasteiger partial charge in [-0.25, -0.2) is 0 Å². The van der Waals surface area contributed by atoms with Crippen LogP contribution in [0.5, 0.6) is 11.5 Å². The van der Waals surface area contributed by atoms with Crippen molar-refractivity contribution in [2.24, 2.45) is 0 Å². The minimum Gasteiger partial charge on any atom is -0.493 e. The Labute approximate surface area is 184 Å². The summed E-state index contributed by atoms with van der Waals surface area (Å²) >= 11 is 3.54. The average molecular weight is 473 g/mol. The minimum absolute atomic E-state index is 0.0452. The highest BCUT2D eigenvalue weighted by atomic mass is 79.9. The summed E-state index contributed by atoms with van der Waals surface area (Å²) in [4.78, 5) is 28.6. The lowest BCUT2D eigenvalue weighted by molar-refractivity contribution is -0.119. The minimum atomic E-state index is -0.481. The zero-order valence-corrected chi connectivity index (χ0v) is 18.9. The van der Waals surface area contributed by atoms with Crippen LogP contribution in [0, 0.1) is 6.92 Å². The number of carbonyl (C=O) groups is 2. The Hall–Kier alpha value is -2.54. The molecule has 4 rings (SSSR count). The molecule has 158 valence electrons. The Balaban J connectivity index is 1.79. The van der Waals surface area contributed by atoms with E-state index in [2.05, 4.69) is 21.2 Å². The number of piperidine rings is 1. The van der Waals surface area contributed by atoms with Crippen molar-refractivity contribution in [2.45, 2.75) is 38.1 Å². The van der Waals surface area contributed by atoms with Gasteiger partial charge in [0.25, 0.3) is 5.91 Å². The van der Waals surface area contributed by atoms with Crippen LogP contribution in [0.1, 0.15) is 46.7 Å². The SMILES string of the molecule is COc1cc2c(cc1OC)C(C(=O)Nc1ccc(C)cc1Br)C1CCCCN1C2=O. The number of halogens is 1. The van der Waals surface area contributed by atoms with Gasteiger partial charge in [-0.15, -0.1) is 0 Å². The smallest absolute Gasteiger partial charge is 0.254 e. The van der Waals surface area contributed by atoms with E-state index in [9.17, 15) is 9.59 Å². The van der Waals surface area contributed by atoms with Crippen molar-refractivity contribution in [3.8, 4) is 11.5 Å². The van der Waals surface area contributed by atoms with Gasteiger partial charge in [-0.2, -0.15) is 0 Å². The molecule has 0 radical (unpaired) electrons. The summed E-state index contributed by atoms with van der Waals surface area (Å²) in [6.07, 6.45) is 2.74. The Morgan fingerprint density at radius 2 is 1.87 bits per heavy atom. The Bertz CT molecular complexity index is 1010. The van der Waals surface area contributed by atoms with Gasteiger partial charge in [0.15, 0.2) is 11.5 Å². The maximum Gasteiger partial charge on any atom is 0.254 e. The van der Waals surface area contributed by atoms with E-state index in [1.54, 1.807) is 26.4 Å². The number of fused-ring (bicyclic) bond motifs is 2.